The van der Waals surface area contributed by atoms with Crippen LogP contribution in [0.5, 0.6) is 12.0 Å². The molecule has 6 heteroatoms. The number of rotatable bonds is 5. The van der Waals surface area contributed by atoms with Crippen LogP contribution in [-0.4, -0.2) is 28.2 Å². The predicted octanol–water partition coefficient (Wildman–Crippen LogP) is 1.71. The molecule has 0 radical (unpaired) electrons. The molecule has 0 saturated carbocycles. The van der Waals surface area contributed by atoms with E-state index in [2.05, 4.69) is 15.0 Å². The Balaban J connectivity index is 2.73. The van der Waals surface area contributed by atoms with Crippen LogP contribution in [0.1, 0.15) is 20.3 Å². The van der Waals surface area contributed by atoms with E-state index in [0.717, 1.165) is 6.42 Å². The highest BCUT2D eigenvalue weighted by atomic mass is 35.5. The van der Waals surface area contributed by atoms with E-state index >= 15 is 0 Å². The van der Waals surface area contributed by atoms with Crippen LogP contribution in [-0.2, 0) is 0 Å². The maximum atomic E-state index is 5.64. The van der Waals surface area contributed by atoms with Gasteiger partial charge in [-0.3, -0.25) is 0 Å². The van der Waals surface area contributed by atoms with Crippen LogP contribution in [0.25, 0.3) is 0 Å². The van der Waals surface area contributed by atoms with Crippen molar-refractivity contribution in [2.45, 2.75) is 20.3 Å². The molecule has 1 aromatic heterocycles. The minimum Gasteiger partial charge on any atom is -0.464 e. The summed E-state index contributed by atoms with van der Waals surface area (Å²) in [4.78, 5) is 11.5. The molecular weight excluding hydrogens is 206 g/mol. The second-order valence-electron chi connectivity index (χ2n) is 2.45. The zero-order valence-electron chi connectivity index (χ0n) is 8.16. The smallest absolute Gasteiger partial charge is 0.323 e. The number of halogens is 1. The summed E-state index contributed by atoms with van der Waals surface area (Å²) in [5.41, 5.74) is 0. The first-order chi connectivity index (χ1) is 6.76. The number of hydrogen-bond acceptors (Lipinski definition) is 5. The van der Waals surface area contributed by atoms with E-state index in [1.165, 1.54) is 0 Å². The molecule has 0 spiro atoms. The van der Waals surface area contributed by atoms with Gasteiger partial charge in [-0.1, -0.05) is 6.92 Å². The average molecular weight is 218 g/mol. The summed E-state index contributed by atoms with van der Waals surface area (Å²) in [6.45, 7) is 4.86. The Hall–Kier alpha value is -1.10. The molecule has 0 atom stereocenters. The third kappa shape index (κ3) is 3.33. The molecule has 0 unspecified atom stereocenters. The zero-order valence-corrected chi connectivity index (χ0v) is 8.91. The van der Waals surface area contributed by atoms with Crippen molar-refractivity contribution in [3.8, 4) is 12.0 Å². The second-order valence-corrected chi connectivity index (χ2v) is 2.79. The molecule has 1 aromatic rings. The van der Waals surface area contributed by atoms with Crippen molar-refractivity contribution in [2.75, 3.05) is 13.2 Å². The highest BCUT2D eigenvalue weighted by Gasteiger charge is 2.05. The monoisotopic (exact) mass is 217 g/mol. The van der Waals surface area contributed by atoms with Crippen molar-refractivity contribution in [1.29, 1.82) is 0 Å². The molecule has 1 rings (SSSR count). The summed E-state index contributed by atoms with van der Waals surface area (Å²) >= 11 is 5.64. The fourth-order valence-electron chi connectivity index (χ4n) is 0.766. The molecule has 0 aliphatic heterocycles. The molecule has 0 fully saturated rings. The Morgan fingerprint density at radius 3 is 2.29 bits per heavy atom. The minimum atomic E-state index is 0.0783. The Morgan fingerprint density at radius 1 is 1.07 bits per heavy atom. The van der Waals surface area contributed by atoms with Crippen molar-refractivity contribution in [2.24, 2.45) is 0 Å². The van der Waals surface area contributed by atoms with E-state index < -0.39 is 0 Å². The van der Waals surface area contributed by atoms with Crippen LogP contribution in [0.2, 0.25) is 5.28 Å². The van der Waals surface area contributed by atoms with Gasteiger partial charge >= 0.3 is 12.0 Å². The first-order valence-electron chi connectivity index (χ1n) is 4.43. The molecule has 5 nitrogen and oxygen atoms in total. The Kier molecular flexibility index (Phi) is 4.39. The third-order valence-corrected chi connectivity index (χ3v) is 1.44. The first-order valence-corrected chi connectivity index (χ1v) is 4.81. The Bertz CT molecular complexity index is 296. The quantitative estimate of drug-likeness (QED) is 0.752. The Morgan fingerprint density at radius 2 is 1.71 bits per heavy atom. The molecule has 0 N–H and O–H groups in total. The van der Waals surface area contributed by atoms with Crippen LogP contribution < -0.4 is 9.47 Å². The first kappa shape index (κ1) is 11.0. The third-order valence-electron chi connectivity index (χ3n) is 1.28. The van der Waals surface area contributed by atoms with Crippen LogP contribution in [0, 0.1) is 0 Å². The molecule has 0 amide bonds. The molecule has 14 heavy (non-hydrogen) atoms. The van der Waals surface area contributed by atoms with Crippen molar-refractivity contribution in [3.63, 3.8) is 0 Å². The van der Waals surface area contributed by atoms with E-state index in [1.54, 1.807) is 0 Å². The highest BCUT2D eigenvalue weighted by Crippen LogP contribution is 2.12. The van der Waals surface area contributed by atoms with E-state index in [9.17, 15) is 0 Å². The lowest BCUT2D eigenvalue weighted by Gasteiger charge is -2.04. The van der Waals surface area contributed by atoms with Gasteiger partial charge in [0.25, 0.3) is 0 Å². The van der Waals surface area contributed by atoms with Crippen LogP contribution in [0.3, 0.4) is 0 Å². The number of nitrogens with zero attached hydrogens (tertiary/aromatic N) is 3. The van der Waals surface area contributed by atoms with Crippen molar-refractivity contribution >= 4 is 11.6 Å². The van der Waals surface area contributed by atoms with Gasteiger partial charge in [-0.05, 0) is 24.9 Å². The number of aromatic nitrogens is 3. The number of hydrogen-bond donors (Lipinski definition) is 0. The van der Waals surface area contributed by atoms with E-state index in [-0.39, 0.29) is 17.3 Å². The lowest BCUT2D eigenvalue weighted by molar-refractivity contribution is 0.269. The van der Waals surface area contributed by atoms with Crippen LogP contribution in [0.4, 0.5) is 0 Å². The lowest BCUT2D eigenvalue weighted by atomic mass is 10.5. The van der Waals surface area contributed by atoms with Gasteiger partial charge in [0.2, 0.25) is 5.28 Å². The maximum absolute atomic E-state index is 5.64. The Labute approximate surface area is 87.4 Å². The van der Waals surface area contributed by atoms with Gasteiger partial charge < -0.3 is 9.47 Å². The minimum absolute atomic E-state index is 0.0783. The van der Waals surface area contributed by atoms with Gasteiger partial charge in [0.1, 0.15) is 0 Å². The number of ether oxygens (including phenoxy) is 2. The summed E-state index contributed by atoms with van der Waals surface area (Å²) in [6, 6.07) is 0.397. The summed E-state index contributed by atoms with van der Waals surface area (Å²) < 4.78 is 10.3. The maximum Gasteiger partial charge on any atom is 0.323 e. The second kappa shape index (κ2) is 5.59. The summed E-state index contributed by atoms with van der Waals surface area (Å²) in [6.07, 6.45) is 0.882. The lowest BCUT2D eigenvalue weighted by Crippen LogP contribution is -2.04. The topological polar surface area (TPSA) is 57.1 Å². The van der Waals surface area contributed by atoms with Gasteiger partial charge in [0, 0.05) is 0 Å². The van der Waals surface area contributed by atoms with Crippen LogP contribution in [0.15, 0.2) is 0 Å². The molecule has 0 aromatic carbocycles. The standard InChI is InChI=1S/C8H12ClN3O2/c1-3-5-14-8-11-6(9)10-7(12-8)13-4-2/h3-5H2,1-2H3. The summed E-state index contributed by atoms with van der Waals surface area (Å²) in [5.74, 6) is 0. The molecule has 1 heterocycles. The normalized spacial score (nSPS) is 9.93. The van der Waals surface area contributed by atoms with Gasteiger partial charge in [-0.2, -0.15) is 9.97 Å². The van der Waals surface area contributed by atoms with Crippen molar-refractivity contribution < 1.29 is 9.47 Å². The summed E-state index contributed by atoms with van der Waals surface area (Å²) in [7, 11) is 0. The molecule has 0 aliphatic rings. The van der Waals surface area contributed by atoms with Crippen LogP contribution >= 0.6 is 11.6 Å². The molecule has 78 valence electrons. The van der Waals surface area contributed by atoms with Gasteiger partial charge in [0.15, 0.2) is 0 Å². The molecule has 0 bridgehead atoms. The molecule has 0 aliphatic carbocycles. The SMILES string of the molecule is CCCOc1nc(Cl)nc(OCC)n1. The van der Waals surface area contributed by atoms with E-state index in [1.807, 2.05) is 13.8 Å². The fraction of sp³-hybridized carbons (Fsp3) is 0.625. The largest absolute Gasteiger partial charge is 0.464 e. The molecular formula is C8H12ClN3O2. The van der Waals surface area contributed by atoms with Gasteiger partial charge in [-0.15, -0.1) is 4.98 Å². The fourth-order valence-corrected chi connectivity index (χ4v) is 0.911. The summed E-state index contributed by atoms with van der Waals surface area (Å²) in [5, 5.41) is 0.0783. The van der Waals surface area contributed by atoms with Gasteiger partial charge in [0.05, 0.1) is 13.2 Å². The van der Waals surface area contributed by atoms with E-state index in [4.69, 9.17) is 21.1 Å². The van der Waals surface area contributed by atoms with Crippen molar-refractivity contribution in [3.05, 3.63) is 5.28 Å². The predicted molar refractivity (Wildman–Crippen MR) is 51.8 cm³/mol. The van der Waals surface area contributed by atoms with E-state index in [0.29, 0.717) is 13.2 Å². The van der Waals surface area contributed by atoms with Gasteiger partial charge in [-0.25, -0.2) is 0 Å². The average Bonchev–Trinajstić information content (AvgIpc) is 2.14. The van der Waals surface area contributed by atoms with Crippen molar-refractivity contribution in [1.82, 2.24) is 15.0 Å². The zero-order chi connectivity index (χ0) is 10.4. The molecule has 0 saturated heterocycles. The highest BCUT2D eigenvalue weighted by molar-refractivity contribution is 6.28.